The lowest BCUT2D eigenvalue weighted by Crippen LogP contribution is -2.44. The van der Waals surface area contributed by atoms with Gasteiger partial charge >= 0.3 is 0 Å². The maximum atomic E-state index is 11.9. The molecule has 0 spiro atoms. The van der Waals surface area contributed by atoms with Gasteiger partial charge in [-0.15, -0.1) is 0 Å². The molecule has 0 unspecified atom stereocenters. The van der Waals surface area contributed by atoms with Gasteiger partial charge in [0.15, 0.2) is 0 Å². The molecular weight excluding hydrogens is 254 g/mol. The summed E-state index contributed by atoms with van der Waals surface area (Å²) in [6, 6.07) is 0. The van der Waals surface area contributed by atoms with E-state index in [4.69, 9.17) is 0 Å². The Morgan fingerprint density at radius 3 is 2.75 bits per heavy atom. The molecule has 20 heavy (non-hydrogen) atoms. The zero-order valence-electron chi connectivity index (χ0n) is 12.5. The standard InChI is InChI=1S/C15H25N3O2/c1-12-13(10-17-18(12)2)6-7-14(19)16-11-15(20)8-4-3-5-9-15/h10,20H,3-9,11H2,1-2H3,(H,16,19). The molecule has 1 aromatic rings. The van der Waals surface area contributed by atoms with Crippen LogP contribution >= 0.6 is 0 Å². The average Bonchev–Trinajstić information content (AvgIpc) is 2.75. The molecule has 2 N–H and O–H groups in total. The highest BCUT2D eigenvalue weighted by Crippen LogP contribution is 2.27. The van der Waals surface area contributed by atoms with Crippen LogP contribution in [-0.2, 0) is 18.3 Å². The van der Waals surface area contributed by atoms with Crippen molar-refractivity contribution >= 4 is 5.91 Å². The van der Waals surface area contributed by atoms with Crippen LogP contribution in [0.3, 0.4) is 0 Å². The monoisotopic (exact) mass is 279 g/mol. The van der Waals surface area contributed by atoms with Gasteiger partial charge < -0.3 is 10.4 Å². The van der Waals surface area contributed by atoms with Gasteiger partial charge in [0, 0.05) is 25.7 Å². The number of nitrogens with one attached hydrogen (secondary N) is 1. The Balaban J connectivity index is 1.74. The van der Waals surface area contributed by atoms with E-state index in [1.807, 2.05) is 24.9 Å². The van der Waals surface area contributed by atoms with Gasteiger partial charge in [0.1, 0.15) is 0 Å². The van der Waals surface area contributed by atoms with Crippen molar-refractivity contribution in [3.05, 3.63) is 17.5 Å². The molecule has 1 fully saturated rings. The molecule has 1 aromatic heterocycles. The number of nitrogens with zero attached hydrogens (tertiary/aromatic N) is 2. The Labute approximate surface area is 120 Å². The van der Waals surface area contributed by atoms with E-state index >= 15 is 0 Å². The summed E-state index contributed by atoms with van der Waals surface area (Å²) in [6.07, 6.45) is 7.87. The van der Waals surface area contributed by atoms with Crippen LogP contribution in [-0.4, -0.2) is 32.9 Å². The lowest BCUT2D eigenvalue weighted by atomic mass is 9.85. The highest BCUT2D eigenvalue weighted by molar-refractivity contribution is 5.76. The Hall–Kier alpha value is -1.36. The van der Waals surface area contributed by atoms with Crippen molar-refractivity contribution in [2.45, 2.75) is 57.5 Å². The summed E-state index contributed by atoms with van der Waals surface area (Å²) in [5, 5.41) is 17.4. The number of aliphatic hydroxyl groups is 1. The molecule has 5 nitrogen and oxygen atoms in total. The topological polar surface area (TPSA) is 67.2 Å². The number of amides is 1. The minimum Gasteiger partial charge on any atom is -0.388 e. The van der Waals surface area contributed by atoms with Gasteiger partial charge in [0.05, 0.1) is 11.8 Å². The van der Waals surface area contributed by atoms with Crippen molar-refractivity contribution < 1.29 is 9.90 Å². The Morgan fingerprint density at radius 2 is 2.15 bits per heavy atom. The Bertz CT molecular complexity index is 462. The SMILES string of the molecule is Cc1c(CCC(=O)NCC2(O)CCCCC2)cnn1C. The second-order valence-corrected chi connectivity index (χ2v) is 5.94. The van der Waals surface area contributed by atoms with E-state index in [0.717, 1.165) is 36.9 Å². The average molecular weight is 279 g/mol. The summed E-state index contributed by atoms with van der Waals surface area (Å²) < 4.78 is 1.82. The smallest absolute Gasteiger partial charge is 0.220 e. The molecule has 1 amide bonds. The van der Waals surface area contributed by atoms with Gasteiger partial charge in [0.25, 0.3) is 0 Å². The minimum absolute atomic E-state index is 0.00671. The molecule has 0 aromatic carbocycles. The van der Waals surface area contributed by atoms with Crippen LogP contribution in [0.25, 0.3) is 0 Å². The Morgan fingerprint density at radius 1 is 1.45 bits per heavy atom. The third-order valence-electron chi connectivity index (χ3n) is 4.36. The minimum atomic E-state index is -0.682. The first kappa shape index (κ1) is 15.0. The highest BCUT2D eigenvalue weighted by atomic mass is 16.3. The summed E-state index contributed by atoms with van der Waals surface area (Å²) in [6.45, 7) is 2.39. The summed E-state index contributed by atoms with van der Waals surface area (Å²) in [5.41, 5.74) is 1.53. The Kier molecular flexibility index (Phi) is 4.81. The zero-order chi connectivity index (χ0) is 14.6. The number of aromatic nitrogens is 2. The summed E-state index contributed by atoms with van der Waals surface area (Å²) in [5.74, 6) is 0.00671. The van der Waals surface area contributed by atoms with Crippen molar-refractivity contribution in [3.63, 3.8) is 0 Å². The molecule has 0 bridgehead atoms. The van der Waals surface area contributed by atoms with Gasteiger partial charge in [-0.1, -0.05) is 19.3 Å². The maximum Gasteiger partial charge on any atom is 0.220 e. The molecule has 1 saturated carbocycles. The van der Waals surface area contributed by atoms with Crippen LogP contribution in [0.5, 0.6) is 0 Å². The van der Waals surface area contributed by atoms with E-state index < -0.39 is 5.60 Å². The molecule has 5 heteroatoms. The van der Waals surface area contributed by atoms with Crippen molar-refractivity contribution in [1.82, 2.24) is 15.1 Å². The van der Waals surface area contributed by atoms with Gasteiger partial charge in [-0.2, -0.15) is 5.10 Å². The fourth-order valence-electron chi connectivity index (χ4n) is 2.78. The first-order valence-electron chi connectivity index (χ1n) is 7.47. The summed E-state index contributed by atoms with van der Waals surface area (Å²) >= 11 is 0. The van der Waals surface area contributed by atoms with E-state index in [9.17, 15) is 9.90 Å². The van der Waals surface area contributed by atoms with Crippen molar-refractivity contribution in [3.8, 4) is 0 Å². The van der Waals surface area contributed by atoms with E-state index in [1.54, 1.807) is 0 Å². The molecule has 0 radical (unpaired) electrons. The van der Waals surface area contributed by atoms with Crippen LogP contribution in [0.1, 0.15) is 49.8 Å². The maximum absolute atomic E-state index is 11.9. The first-order chi connectivity index (χ1) is 9.50. The fourth-order valence-corrected chi connectivity index (χ4v) is 2.78. The molecule has 1 aliphatic carbocycles. The second kappa shape index (κ2) is 6.39. The lowest BCUT2D eigenvalue weighted by molar-refractivity contribution is -0.122. The number of hydrogen-bond donors (Lipinski definition) is 2. The van der Waals surface area contributed by atoms with E-state index in [1.165, 1.54) is 6.42 Å². The van der Waals surface area contributed by atoms with Crippen LogP contribution < -0.4 is 5.32 Å². The number of aryl methyl sites for hydroxylation is 2. The predicted molar refractivity (Wildman–Crippen MR) is 77.3 cm³/mol. The molecule has 112 valence electrons. The quantitative estimate of drug-likeness (QED) is 0.857. The van der Waals surface area contributed by atoms with E-state index in [2.05, 4.69) is 10.4 Å². The first-order valence-corrected chi connectivity index (χ1v) is 7.47. The number of carbonyl (C=O) groups is 1. The fraction of sp³-hybridized carbons (Fsp3) is 0.733. The number of hydrogen-bond acceptors (Lipinski definition) is 3. The molecule has 2 rings (SSSR count). The highest BCUT2D eigenvalue weighted by Gasteiger charge is 2.29. The van der Waals surface area contributed by atoms with Gasteiger partial charge in [0.2, 0.25) is 5.91 Å². The molecule has 0 atom stereocenters. The number of rotatable bonds is 5. The second-order valence-electron chi connectivity index (χ2n) is 5.94. The molecule has 1 aliphatic rings. The summed E-state index contributed by atoms with van der Waals surface area (Å²) in [7, 11) is 1.90. The van der Waals surface area contributed by atoms with Gasteiger partial charge in [-0.05, 0) is 31.7 Å². The zero-order valence-corrected chi connectivity index (χ0v) is 12.5. The number of carbonyl (C=O) groups excluding carboxylic acids is 1. The van der Waals surface area contributed by atoms with Crippen molar-refractivity contribution in [2.24, 2.45) is 7.05 Å². The predicted octanol–water partition coefficient (Wildman–Crippen LogP) is 1.47. The molecular formula is C15H25N3O2. The largest absolute Gasteiger partial charge is 0.388 e. The van der Waals surface area contributed by atoms with Crippen LogP contribution in [0.15, 0.2) is 6.20 Å². The normalized spacial score (nSPS) is 17.9. The lowest BCUT2D eigenvalue weighted by Gasteiger charge is -2.32. The third kappa shape index (κ3) is 3.82. The molecule has 1 heterocycles. The van der Waals surface area contributed by atoms with Crippen LogP contribution in [0, 0.1) is 6.92 Å². The third-order valence-corrected chi connectivity index (χ3v) is 4.36. The van der Waals surface area contributed by atoms with Crippen LogP contribution in [0.4, 0.5) is 0 Å². The van der Waals surface area contributed by atoms with E-state index in [-0.39, 0.29) is 5.91 Å². The van der Waals surface area contributed by atoms with Crippen LogP contribution in [0.2, 0.25) is 0 Å². The van der Waals surface area contributed by atoms with Gasteiger partial charge in [-0.25, -0.2) is 0 Å². The summed E-state index contributed by atoms with van der Waals surface area (Å²) in [4.78, 5) is 11.9. The van der Waals surface area contributed by atoms with Crippen molar-refractivity contribution in [2.75, 3.05) is 6.54 Å². The molecule has 0 aliphatic heterocycles. The molecule has 0 saturated heterocycles. The van der Waals surface area contributed by atoms with Gasteiger partial charge in [-0.3, -0.25) is 9.48 Å². The van der Waals surface area contributed by atoms with E-state index in [0.29, 0.717) is 19.4 Å². The van der Waals surface area contributed by atoms with Crippen molar-refractivity contribution in [1.29, 1.82) is 0 Å².